The molecule has 1 fully saturated rings. The number of rotatable bonds is 8. The highest BCUT2D eigenvalue weighted by atomic mass is 32.1. The number of benzene rings is 1. The first-order chi connectivity index (χ1) is 16.0. The quantitative estimate of drug-likeness (QED) is 0.233. The lowest BCUT2D eigenvalue weighted by molar-refractivity contribution is 0.0376. The zero-order valence-electron chi connectivity index (χ0n) is 19.2. The zero-order chi connectivity index (χ0) is 23.5. The number of aryl methyl sites for hydroxylation is 2. The summed E-state index contributed by atoms with van der Waals surface area (Å²) >= 11 is 5.47. The van der Waals surface area contributed by atoms with Gasteiger partial charge in [-0.3, -0.25) is 15.2 Å². The molecule has 1 aliphatic heterocycles. The Morgan fingerprint density at radius 1 is 1.15 bits per heavy atom. The number of aromatic nitrogens is 2. The molecular formula is C23H32FN7OS. The molecule has 0 atom stereocenters. The lowest BCUT2D eigenvalue weighted by Crippen LogP contribution is -2.44. The summed E-state index contributed by atoms with van der Waals surface area (Å²) in [6, 6.07) is 8.34. The first-order valence-electron chi connectivity index (χ1n) is 11.2. The van der Waals surface area contributed by atoms with Gasteiger partial charge in [0.25, 0.3) is 0 Å². The van der Waals surface area contributed by atoms with Crippen LogP contribution in [0.1, 0.15) is 23.4 Å². The van der Waals surface area contributed by atoms with Gasteiger partial charge < -0.3 is 15.4 Å². The van der Waals surface area contributed by atoms with Crippen molar-refractivity contribution in [1.82, 2.24) is 25.5 Å². The average Bonchev–Trinajstić information content (AvgIpc) is 2.78. The van der Waals surface area contributed by atoms with Crippen LogP contribution in [0.2, 0.25) is 0 Å². The van der Waals surface area contributed by atoms with E-state index < -0.39 is 0 Å². The minimum absolute atomic E-state index is 0.247. The second-order valence-corrected chi connectivity index (χ2v) is 8.30. The van der Waals surface area contributed by atoms with Crippen molar-refractivity contribution in [2.45, 2.75) is 26.7 Å². The van der Waals surface area contributed by atoms with Gasteiger partial charge in [0, 0.05) is 37.6 Å². The Balaban J connectivity index is 1.54. The maximum atomic E-state index is 13.1. The van der Waals surface area contributed by atoms with E-state index in [0.717, 1.165) is 62.8 Å². The molecule has 8 nitrogen and oxygen atoms in total. The highest BCUT2D eigenvalue weighted by Crippen LogP contribution is 2.05. The molecule has 0 spiro atoms. The van der Waals surface area contributed by atoms with Gasteiger partial charge in [-0.15, -0.1) is 0 Å². The SMILES string of the molecule is Cc1cc(C)nc(NC(=NCCc2ccc(F)cc2)NC(=S)NCCCN2CCOCC2)n1. The van der Waals surface area contributed by atoms with Crippen molar-refractivity contribution in [2.75, 3.05) is 51.3 Å². The highest BCUT2D eigenvalue weighted by molar-refractivity contribution is 7.80. The molecule has 10 heteroatoms. The Kier molecular flexibility index (Phi) is 9.92. The van der Waals surface area contributed by atoms with Crippen LogP contribution < -0.4 is 16.0 Å². The molecule has 33 heavy (non-hydrogen) atoms. The number of aliphatic imine (C=N–C) groups is 1. The van der Waals surface area contributed by atoms with Crippen LogP contribution in [0.5, 0.6) is 0 Å². The van der Waals surface area contributed by atoms with E-state index in [9.17, 15) is 4.39 Å². The van der Waals surface area contributed by atoms with Crippen molar-refractivity contribution in [1.29, 1.82) is 0 Å². The van der Waals surface area contributed by atoms with Gasteiger partial charge in [0.05, 0.1) is 13.2 Å². The van der Waals surface area contributed by atoms with Crippen LogP contribution in [0, 0.1) is 19.7 Å². The number of anilines is 1. The van der Waals surface area contributed by atoms with E-state index in [4.69, 9.17) is 17.0 Å². The molecule has 3 N–H and O–H groups in total. The Morgan fingerprint density at radius 2 is 1.85 bits per heavy atom. The fraction of sp³-hybridized carbons (Fsp3) is 0.478. The molecule has 1 saturated heterocycles. The van der Waals surface area contributed by atoms with Crippen LogP contribution in [0.25, 0.3) is 0 Å². The molecule has 1 aromatic carbocycles. The summed E-state index contributed by atoms with van der Waals surface area (Å²) in [6.07, 6.45) is 1.65. The Morgan fingerprint density at radius 3 is 2.55 bits per heavy atom. The van der Waals surface area contributed by atoms with Crippen molar-refractivity contribution in [3.8, 4) is 0 Å². The summed E-state index contributed by atoms with van der Waals surface area (Å²) in [7, 11) is 0. The number of nitrogens with one attached hydrogen (secondary N) is 3. The molecule has 0 bridgehead atoms. The third kappa shape index (κ3) is 9.37. The average molecular weight is 474 g/mol. The summed E-state index contributed by atoms with van der Waals surface area (Å²) in [5, 5.41) is 9.98. The van der Waals surface area contributed by atoms with E-state index in [2.05, 4.69) is 35.8 Å². The third-order valence-corrected chi connectivity index (χ3v) is 5.31. The first kappa shape index (κ1) is 24.9. The predicted molar refractivity (Wildman–Crippen MR) is 133 cm³/mol. The van der Waals surface area contributed by atoms with Gasteiger partial charge in [0.1, 0.15) is 5.82 Å². The molecule has 2 heterocycles. The molecule has 0 amide bonds. The second kappa shape index (κ2) is 13.1. The summed E-state index contributed by atoms with van der Waals surface area (Å²) < 4.78 is 18.5. The van der Waals surface area contributed by atoms with Crippen LogP contribution in [-0.4, -0.2) is 71.9 Å². The molecule has 0 unspecified atom stereocenters. The van der Waals surface area contributed by atoms with E-state index >= 15 is 0 Å². The lowest BCUT2D eigenvalue weighted by Gasteiger charge is -2.26. The Bertz CT molecular complexity index is 913. The van der Waals surface area contributed by atoms with Gasteiger partial charge in [0.2, 0.25) is 11.9 Å². The molecule has 0 saturated carbocycles. The summed E-state index contributed by atoms with van der Waals surface area (Å²) in [4.78, 5) is 15.8. The standard InChI is InChI=1S/C23H32FN7OS/c1-17-16-18(2)28-22(27-17)29-21(25-10-8-19-4-6-20(24)7-5-19)30-23(33)26-9-3-11-31-12-14-32-15-13-31/h4-7,16H,3,8-15H2,1-2H3,(H3,25,26,27,28,29,30,33). The fourth-order valence-electron chi connectivity index (χ4n) is 3.43. The van der Waals surface area contributed by atoms with Gasteiger partial charge in [-0.1, -0.05) is 12.1 Å². The number of thiocarbonyl (C=S) groups is 1. The van der Waals surface area contributed by atoms with Crippen molar-refractivity contribution >= 4 is 29.2 Å². The summed E-state index contributed by atoms with van der Waals surface area (Å²) in [6.45, 7) is 9.65. The minimum atomic E-state index is -0.247. The molecule has 178 valence electrons. The van der Waals surface area contributed by atoms with Gasteiger partial charge in [0.15, 0.2) is 5.11 Å². The Labute approximate surface area is 200 Å². The number of hydrogen-bond acceptors (Lipinski definition) is 6. The molecule has 2 aromatic rings. The maximum Gasteiger partial charge on any atom is 0.229 e. The smallest absolute Gasteiger partial charge is 0.229 e. The number of ether oxygens (including phenoxy) is 1. The van der Waals surface area contributed by atoms with E-state index in [1.54, 1.807) is 12.1 Å². The maximum absolute atomic E-state index is 13.1. The number of morpholine rings is 1. The van der Waals surface area contributed by atoms with Gasteiger partial charge in [-0.05, 0) is 69.2 Å². The number of hydrogen-bond donors (Lipinski definition) is 3. The van der Waals surface area contributed by atoms with E-state index in [-0.39, 0.29) is 5.82 Å². The zero-order valence-corrected chi connectivity index (χ0v) is 20.1. The van der Waals surface area contributed by atoms with Gasteiger partial charge in [-0.25, -0.2) is 14.4 Å². The summed E-state index contributed by atoms with van der Waals surface area (Å²) in [5.41, 5.74) is 2.73. The van der Waals surface area contributed by atoms with Gasteiger partial charge in [-0.2, -0.15) is 0 Å². The fourth-order valence-corrected chi connectivity index (χ4v) is 3.63. The monoisotopic (exact) mass is 473 g/mol. The predicted octanol–water partition coefficient (Wildman–Crippen LogP) is 2.43. The van der Waals surface area contributed by atoms with Crippen molar-refractivity contribution in [3.63, 3.8) is 0 Å². The molecular weight excluding hydrogens is 441 g/mol. The first-order valence-corrected chi connectivity index (χ1v) is 11.6. The molecule has 1 aliphatic rings. The van der Waals surface area contributed by atoms with Crippen LogP contribution in [0.15, 0.2) is 35.3 Å². The number of guanidine groups is 1. The van der Waals surface area contributed by atoms with E-state index in [1.807, 2.05) is 19.9 Å². The van der Waals surface area contributed by atoms with Crippen molar-refractivity contribution in [2.24, 2.45) is 4.99 Å². The van der Waals surface area contributed by atoms with Crippen molar-refractivity contribution < 1.29 is 9.13 Å². The molecule has 1 aromatic heterocycles. The summed E-state index contributed by atoms with van der Waals surface area (Å²) in [5.74, 6) is 0.673. The van der Waals surface area contributed by atoms with Crippen LogP contribution >= 0.6 is 12.2 Å². The molecule has 3 rings (SSSR count). The number of halogens is 1. The second-order valence-electron chi connectivity index (χ2n) is 7.89. The molecule has 0 aliphatic carbocycles. The normalized spacial score (nSPS) is 14.7. The van der Waals surface area contributed by atoms with Gasteiger partial charge >= 0.3 is 0 Å². The van der Waals surface area contributed by atoms with Crippen LogP contribution in [0.3, 0.4) is 0 Å². The third-order valence-electron chi connectivity index (χ3n) is 5.07. The van der Waals surface area contributed by atoms with E-state index in [0.29, 0.717) is 30.0 Å². The lowest BCUT2D eigenvalue weighted by atomic mass is 10.1. The van der Waals surface area contributed by atoms with E-state index in [1.165, 1.54) is 12.1 Å². The number of nitrogens with zero attached hydrogens (tertiary/aromatic N) is 4. The molecule has 0 radical (unpaired) electrons. The van der Waals surface area contributed by atoms with Crippen LogP contribution in [-0.2, 0) is 11.2 Å². The van der Waals surface area contributed by atoms with Crippen LogP contribution in [0.4, 0.5) is 10.3 Å². The minimum Gasteiger partial charge on any atom is -0.379 e. The highest BCUT2D eigenvalue weighted by Gasteiger charge is 2.10. The topological polar surface area (TPSA) is 86.7 Å². The largest absolute Gasteiger partial charge is 0.379 e. The van der Waals surface area contributed by atoms with Crippen molar-refractivity contribution in [3.05, 3.63) is 53.1 Å². The Hall–Kier alpha value is -2.69.